The summed E-state index contributed by atoms with van der Waals surface area (Å²) in [7, 11) is -4.82. The van der Waals surface area contributed by atoms with Gasteiger partial charge in [0.2, 0.25) is 0 Å². The zero-order valence-electron chi connectivity index (χ0n) is 18.9. The van der Waals surface area contributed by atoms with Gasteiger partial charge in [0, 0.05) is 17.4 Å². The number of hydrogen-bond donors (Lipinski definition) is 4. The number of nitrogens with two attached hydrogens (primary N) is 1. The highest BCUT2D eigenvalue weighted by molar-refractivity contribution is 7.78. The van der Waals surface area contributed by atoms with Gasteiger partial charge in [0.1, 0.15) is 22.8 Å². The number of nitrogens with zero attached hydrogens (tertiary/aromatic N) is 4. The molecule has 2 heterocycles. The highest BCUT2D eigenvalue weighted by atomic mass is 32.1. The van der Waals surface area contributed by atoms with Gasteiger partial charge in [-0.2, -0.15) is 0 Å². The van der Waals surface area contributed by atoms with Crippen molar-refractivity contribution in [3.8, 4) is 11.5 Å². The van der Waals surface area contributed by atoms with Gasteiger partial charge in [-0.15, -0.1) is 0 Å². The summed E-state index contributed by atoms with van der Waals surface area (Å²) in [5.41, 5.74) is 9.49. The molecule has 0 unspecified atom stereocenters. The van der Waals surface area contributed by atoms with E-state index < -0.39 is 7.82 Å². The first-order valence-electron chi connectivity index (χ1n) is 10.9. The maximum absolute atomic E-state index is 11.5. The van der Waals surface area contributed by atoms with Crippen LogP contribution in [0.15, 0.2) is 41.4 Å². The Bertz CT molecular complexity index is 1510. The molecule has 2 aromatic carbocycles. The number of rotatable bonds is 9. The number of phosphoric ester groups is 1. The number of unbranched alkanes of at least 4 members (excludes halogenated alkanes) is 1. The summed E-state index contributed by atoms with van der Waals surface area (Å²) in [6.45, 7) is 2.57. The lowest BCUT2D eigenvalue weighted by molar-refractivity contribution is 0.282. The lowest BCUT2D eigenvalue weighted by atomic mass is 10.1. The molecule has 0 saturated carbocycles. The van der Waals surface area contributed by atoms with Crippen molar-refractivity contribution in [2.75, 3.05) is 5.73 Å². The molecule has 4 rings (SSSR count). The van der Waals surface area contributed by atoms with Crippen molar-refractivity contribution in [2.24, 2.45) is 4.99 Å². The SMILES string of the molecule is CCCCc1nc2c(N)nc3cc(CN=C=S)ccc3c2n1Cc1cc(O)ccc1OP(=O)(O)O. The summed E-state index contributed by atoms with van der Waals surface area (Å²) in [5, 5.41) is 13.2. The Morgan fingerprint density at radius 2 is 2.03 bits per heavy atom. The molecule has 0 radical (unpaired) electrons. The lowest BCUT2D eigenvalue weighted by Crippen LogP contribution is -2.07. The fraction of sp³-hybridized carbons (Fsp3) is 0.261. The molecule has 0 bridgehead atoms. The standard InChI is InChI=1S/C23H24N5O5PS/c1-2-3-4-20-27-21-22(17-7-5-14(11-25-13-35)9-18(17)26-23(21)24)28(20)12-15-10-16(29)6-8-19(15)33-34(30,31)32/h5-10,29H,2-4,11-12H2,1H3,(H2,24,26)(H2,30,31,32). The van der Waals surface area contributed by atoms with E-state index in [1.54, 1.807) is 0 Å². The second-order valence-corrected chi connectivity index (χ2v) is 9.39. The number of aromatic nitrogens is 3. The van der Waals surface area contributed by atoms with Crippen LogP contribution in [0.5, 0.6) is 11.5 Å². The largest absolute Gasteiger partial charge is 0.524 e. The summed E-state index contributed by atoms with van der Waals surface area (Å²) in [5.74, 6) is 0.906. The third-order valence-electron chi connectivity index (χ3n) is 5.52. The average molecular weight is 514 g/mol. The molecule has 35 heavy (non-hydrogen) atoms. The molecule has 0 atom stereocenters. The number of phenols is 1. The number of thiocarbonyl (C=S) groups is 1. The number of isothiocyanates is 1. The summed E-state index contributed by atoms with van der Waals surface area (Å²) >= 11 is 4.66. The number of aryl methyl sites for hydroxylation is 1. The molecule has 0 aliphatic carbocycles. The molecule has 4 aromatic rings. The summed E-state index contributed by atoms with van der Waals surface area (Å²) < 4.78 is 18.4. The van der Waals surface area contributed by atoms with Crippen molar-refractivity contribution >= 4 is 53.0 Å². The average Bonchev–Trinajstić information content (AvgIpc) is 3.16. The third kappa shape index (κ3) is 5.51. The molecule has 182 valence electrons. The Morgan fingerprint density at radius 1 is 1.23 bits per heavy atom. The zero-order chi connectivity index (χ0) is 25.2. The van der Waals surface area contributed by atoms with Gasteiger partial charge in [0.05, 0.1) is 29.3 Å². The highest BCUT2D eigenvalue weighted by Crippen LogP contribution is 2.41. The lowest BCUT2D eigenvalue weighted by Gasteiger charge is -2.15. The Hall–Kier alpha value is -3.33. The molecule has 0 amide bonds. The van der Waals surface area contributed by atoms with Crippen molar-refractivity contribution in [3.05, 3.63) is 53.3 Å². The number of benzene rings is 2. The number of phenolic OH excluding ortho intramolecular Hbond substituents is 1. The van der Waals surface area contributed by atoms with Crippen molar-refractivity contribution in [1.29, 1.82) is 0 Å². The number of aromatic hydroxyl groups is 1. The maximum Gasteiger partial charge on any atom is 0.524 e. The van der Waals surface area contributed by atoms with E-state index in [2.05, 4.69) is 34.3 Å². The molecular weight excluding hydrogens is 489 g/mol. The monoisotopic (exact) mass is 513 g/mol. The van der Waals surface area contributed by atoms with Crippen molar-refractivity contribution in [1.82, 2.24) is 14.5 Å². The van der Waals surface area contributed by atoms with Gasteiger partial charge in [-0.05, 0) is 48.5 Å². The number of fused-ring (bicyclic) bond motifs is 3. The van der Waals surface area contributed by atoms with E-state index in [0.29, 0.717) is 29.6 Å². The number of pyridine rings is 1. The zero-order valence-corrected chi connectivity index (χ0v) is 20.6. The smallest absolute Gasteiger partial charge is 0.508 e. The number of phosphoric acid groups is 1. The second-order valence-electron chi connectivity index (χ2n) is 8.04. The van der Waals surface area contributed by atoms with Crippen LogP contribution in [-0.4, -0.2) is 34.6 Å². The Balaban J connectivity index is 1.94. The molecular formula is C23H24N5O5PS. The second kappa shape index (κ2) is 10.1. The predicted molar refractivity (Wildman–Crippen MR) is 137 cm³/mol. The van der Waals surface area contributed by atoms with Crippen LogP contribution >= 0.6 is 20.0 Å². The molecule has 12 heteroatoms. The van der Waals surface area contributed by atoms with Crippen LogP contribution < -0.4 is 10.3 Å². The molecule has 0 spiro atoms. The van der Waals surface area contributed by atoms with Gasteiger partial charge < -0.3 is 19.9 Å². The van der Waals surface area contributed by atoms with Gasteiger partial charge in [0.25, 0.3) is 0 Å². The molecule has 0 fully saturated rings. The molecule has 0 aliphatic heterocycles. The quantitative estimate of drug-likeness (QED) is 0.145. The molecule has 2 aromatic heterocycles. The van der Waals surface area contributed by atoms with Crippen LogP contribution in [0, 0.1) is 0 Å². The molecule has 5 N–H and O–H groups in total. The fourth-order valence-electron chi connectivity index (χ4n) is 4.00. The fourth-order valence-corrected chi connectivity index (χ4v) is 4.50. The minimum Gasteiger partial charge on any atom is -0.508 e. The minimum atomic E-state index is -4.82. The molecule has 0 saturated heterocycles. The van der Waals surface area contributed by atoms with Crippen LogP contribution in [0.1, 0.15) is 36.7 Å². The summed E-state index contributed by atoms with van der Waals surface area (Å²) in [6.07, 6.45) is 2.47. The van der Waals surface area contributed by atoms with Gasteiger partial charge in [-0.3, -0.25) is 9.79 Å². The van der Waals surface area contributed by atoms with E-state index in [1.807, 2.05) is 22.8 Å². The van der Waals surface area contributed by atoms with Crippen molar-refractivity contribution in [2.45, 2.75) is 39.3 Å². The van der Waals surface area contributed by atoms with Gasteiger partial charge in [0.15, 0.2) is 5.82 Å². The normalized spacial score (nSPS) is 11.6. The third-order valence-corrected chi connectivity index (χ3v) is 6.08. The van der Waals surface area contributed by atoms with E-state index in [-0.39, 0.29) is 23.9 Å². The van der Waals surface area contributed by atoms with E-state index in [9.17, 15) is 19.5 Å². The molecule has 0 aliphatic rings. The van der Waals surface area contributed by atoms with Gasteiger partial charge >= 0.3 is 7.82 Å². The van der Waals surface area contributed by atoms with Crippen molar-refractivity contribution in [3.63, 3.8) is 0 Å². The van der Waals surface area contributed by atoms with E-state index in [1.165, 1.54) is 18.2 Å². The maximum atomic E-state index is 11.5. The van der Waals surface area contributed by atoms with E-state index >= 15 is 0 Å². The predicted octanol–water partition coefficient (Wildman–Crippen LogP) is 4.34. The van der Waals surface area contributed by atoms with Crippen LogP contribution in [-0.2, 0) is 24.1 Å². The number of aliphatic imine (C=N–C) groups is 1. The number of imidazole rings is 1. The van der Waals surface area contributed by atoms with Gasteiger partial charge in [-0.1, -0.05) is 25.5 Å². The highest BCUT2D eigenvalue weighted by Gasteiger charge is 2.22. The van der Waals surface area contributed by atoms with Crippen LogP contribution in [0.3, 0.4) is 0 Å². The Morgan fingerprint density at radius 3 is 2.74 bits per heavy atom. The minimum absolute atomic E-state index is 0.0360. The number of anilines is 1. The van der Waals surface area contributed by atoms with Crippen LogP contribution in [0.2, 0.25) is 0 Å². The van der Waals surface area contributed by atoms with Crippen LogP contribution in [0.4, 0.5) is 5.82 Å². The summed E-state index contributed by atoms with van der Waals surface area (Å²) in [6, 6.07) is 9.74. The Kier molecular flexibility index (Phi) is 7.16. The van der Waals surface area contributed by atoms with Gasteiger partial charge in [-0.25, -0.2) is 19.5 Å². The first-order valence-corrected chi connectivity index (χ1v) is 12.8. The molecule has 10 nitrogen and oxygen atoms in total. The Labute approximate surface area is 206 Å². The number of nitrogen functional groups attached to an aromatic ring is 1. The number of hydrogen-bond acceptors (Lipinski definition) is 8. The topological polar surface area (TPSA) is 156 Å². The van der Waals surface area contributed by atoms with Crippen LogP contribution in [0.25, 0.3) is 21.9 Å². The van der Waals surface area contributed by atoms with E-state index in [4.69, 9.17) is 15.2 Å². The first-order chi connectivity index (χ1) is 16.7. The summed E-state index contributed by atoms with van der Waals surface area (Å²) in [4.78, 5) is 32.0. The van der Waals surface area contributed by atoms with Crippen molar-refractivity contribution < 1.29 is 24.0 Å². The van der Waals surface area contributed by atoms with E-state index in [0.717, 1.165) is 35.1 Å². The first kappa shape index (κ1) is 24.8.